The first kappa shape index (κ1) is 5.84. The topological polar surface area (TPSA) is 81.3 Å². The van der Waals surface area contributed by atoms with Crippen molar-refractivity contribution in [1.82, 2.24) is 5.12 Å². The Kier molecular flexibility index (Phi) is 2.97. The number of nitrogens with two attached hydrogens (primary N) is 3. The molecule has 0 heterocycles. The predicted molar refractivity (Wildman–Crippen MR) is 24.1 cm³/mol. The highest BCUT2D eigenvalue weighted by atomic mass is 15.6. The molecule has 0 aliphatic carbocycles. The van der Waals surface area contributed by atoms with Crippen LogP contribution < -0.4 is 17.4 Å². The van der Waals surface area contributed by atoms with Crippen LogP contribution in [0.2, 0.25) is 0 Å². The van der Waals surface area contributed by atoms with Crippen LogP contribution in [0.5, 0.6) is 0 Å². The molecule has 0 radical (unpaired) electrons. The van der Waals surface area contributed by atoms with Crippen LogP contribution in [0.25, 0.3) is 0 Å². The fraction of sp³-hybridized carbons (Fsp3) is 1.00. The van der Waals surface area contributed by atoms with Gasteiger partial charge in [0.15, 0.2) is 0 Å². The van der Waals surface area contributed by atoms with Crippen molar-refractivity contribution in [3.05, 3.63) is 0 Å². The molecule has 0 aliphatic heterocycles. The third-order valence-electron chi connectivity index (χ3n) is 0.387. The number of hydrogen-bond donors (Lipinski definition) is 3. The third-order valence-corrected chi connectivity index (χ3v) is 0.387. The van der Waals surface area contributed by atoms with E-state index in [1.54, 1.807) is 0 Å². The van der Waals surface area contributed by atoms with E-state index in [9.17, 15) is 0 Å². The summed E-state index contributed by atoms with van der Waals surface area (Å²) in [6.45, 7) is 1.05. The minimum Gasteiger partial charge on any atom is -0.329 e. The second-order valence-corrected chi connectivity index (χ2v) is 1.03. The van der Waals surface area contributed by atoms with Crippen molar-refractivity contribution >= 4 is 0 Å². The molecule has 0 fully saturated rings. The summed E-state index contributed by atoms with van der Waals surface area (Å²) in [7, 11) is 0. The molecule has 6 N–H and O–H groups in total. The van der Waals surface area contributed by atoms with E-state index in [2.05, 4.69) is 0 Å². The Bertz CT molecular complexity index is 26.7. The summed E-state index contributed by atoms with van der Waals surface area (Å²) in [5.41, 5.74) is 5.03. The van der Waals surface area contributed by atoms with Crippen molar-refractivity contribution in [3.63, 3.8) is 0 Å². The minimum atomic E-state index is 0.507. The highest BCUT2D eigenvalue weighted by Crippen LogP contribution is 1.52. The van der Waals surface area contributed by atoms with Crippen LogP contribution >= 0.6 is 0 Å². The van der Waals surface area contributed by atoms with Gasteiger partial charge in [-0.25, -0.2) is 0 Å². The fourth-order valence-electron chi connectivity index (χ4n) is 0.149. The zero-order chi connectivity index (χ0) is 4.99. The standard InChI is InChI=1S/C2H10N4/c3-1-2-6(4)5/h1-5H2. The van der Waals surface area contributed by atoms with Gasteiger partial charge in [0.05, 0.1) is 0 Å². The number of hydrogen-bond acceptors (Lipinski definition) is 4. The molecule has 0 aromatic carbocycles. The lowest BCUT2D eigenvalue weighted by atomic mass is 10.7. The first-order valence-corrected chi connectivity index (χ1v) is 1.74. The predicted octanol–water partition coefficient (Wildman–Crippen LogP) is -2.01. The van der Waals surface area contributed by atoms with Crippen molar-refractivity contribution in [2.24, 2.45) is 17.4 Å². The van der Waals surface area contributed by atoms with Crippen LogP contribution in [0.1, 0.15) is 0 Å². The zero-order valence-corrected chi connectivity index (χ0v) is 3.59. The average molecular weight is 90.1 g/mol. The Hall–Kier alpha value is -0.160. The van der Waals surface area contributed by atoms with E-state index in [0.29, 0.717) is 13.1 Å². The van der Waals surface area contributed by atoms with Gasteiger partial charge in [-0.1, -0.05) is 0 Å². The summed E-state index contributed by atoms with van der Waals surface area (Å²) in [4.78, 5) is 0. The second kappa shape index (κ2) is 3.05. The number of rotatable bonds is 2. The first-order valence-electron chi connectivity index (χ1n) is 1.74. The molecule has 0 saturated heterocycles. The van der Waals surface area contributed by atoms with Crippen molar-refractivity contribution < 1.29 is 0 Å². The SMILES string of the molecule is NCCN(N)N. The number of nitrogens with zero attached hydrogens (tertiary/aromatic N) is 1. The molecule has 0 amide bonds. The summed E-state index contributed by atoms with van der Waals surface area (Å²) in [6, 6.07) is 0. The Morgan fingerprint density at radius 1 is 1.33 bits per heavy atom. The van der Waals surface area contributed by atoms with E-state index in [1.807, 2.05) is 0 Å². The van der Waals surface area contributed by atoms with Gasteiger partial charge in [-0.2, -0.15) is 5.12 Å². The lowest BCUT2D eigenvalue weighted by Crippen LogP contribution is -2.41. The fourth-order valence-corrected chi connectivity index (χ4v) is 0.149. The van der Waals surface area contributed by atoms with Crippen molar-refractivity contribution in [2.45, 2.75) is 0 Å². The van der Waals surface area contributed by atoms with Crippen LogP contribution in [0.4, 0.5) is 0 Å². The second-order valence-electron chi connectivity index (χ2n) is 1.03. The van der Waals surface area contributed by atoms with Crippen LogP contribution in [-0.4, -0.2) is 18.2 Å². The highest BCUT2D eigenvalue weighted by Gasteiger charge is 1.80. The van der Waals surface area contributed by atoms with Crippen LogP contribution in [-0.2, 0) is 0 Å². The van der Waals surface area contributed by atoms with E-state index < -0.39 is 0 Å². The molecule has 38 valence electrons. The van der Waals surface area contributed by atoms with Crippen molar-refractivity contribution in [3.8, 4) is 0 Å². The molecule has 0 saturated carbocycles. The number of hydrazine groups is 2. The summed E-state index contributed by atoms with van der Waals surface area (Å²) >= 11 is 0. The molecule has 0 atom stereocenters. The Morgan fingerprint density at radius 2 is 1.83 bits per heavy atom. The molecule has 4 heteroatoms. The quantitative estimate of drug-likeness (QED) is 0.270. The van der Waals surface area contributed by atoms with E-state index in [-0.39, 0.29) is 0 Å². The molecular formula is C2H10N4. The monoisotopic (exact) mass is 90.1 g/mol. The van der Waals surface area contributed by atoms with Gasteiger partial charge in [-0.05, 0) is 0 Å². The van der Waals surface area contributed by atoms with Crippen molar-refractivity contribution in [1.29, 1.82) is 0 Å². The van der Waals surface area contributed by atoms with E-state index in [4.69, 9.17) is 17.4 Å². The maximum Gasteiger partial charge on any atom is 0.0406 e. The van der Waals surface area contributed by atoms with E-state index in [0.717, 1.165) is 5.12 Å². The molecule has 0 aromatic rings. The smallest absolute Gasteiger partial charge is 0.0406 e. The summed E-state index contributed by atoms with van der Waals surface area (Å²) < 4.78 is 0. The third kappa shape index (κ3) is 3.84. The Labute approximate surface area is 36.8 Å². The van der Waals surface area contributed by atoms with Gasteiger partial charge in [0, 0.05) is 13.1 Å². The van der Waals surface area contributed by atoms with Gasteiger partial charge in [0.1, 0.15) is 0 Å². The van der Waals surface area contributed by atoms with Crippen molar-refractivity contribution in [2.75, 3.05) is 13.1 Å². The zero-order valence-electron chi connectivity index (χ0n) is 3.59. The summed E-state index contributed by atoms with van der Waals surface area (Å²) in [6.07, 6.45) is 0. The van der Waals surface area contributed by atoms with Gasteiger partial charge in [0.2, 0.25) is 0 Å². The van der Waals surface area contributed by atoms with Gasteiger partial charge in [-0.3, -0.25) is 11.7 Å². The molecule has 0 unspecified atom stereocenters. The van der Waals surface area contributed by atoms with E-state index >= 15 is 0 Å². The molecule has 6 heavy (non-hydrogen) atoms. The Balaban J connectivity index is 2.63. The molecule has 0 spiro atoms. The maximum absolute atomic E-state index is 5.03. The molecular weight excluding hydrogens is 80.0 g/mol. The van der Waals surface area contributed by atoms with E-state index in [1.165, 1.54) is 0 Å². The highest BCUT2D eigenvalue weighted by molar-refractivity contribution is 4.33. The van der Waals surface area contributed by atoms with Gasteiger partial charge in [0.25, 0.3) is 0 Å². The molecule has 0 bridgehead atoms. The largest absolute Gasteiger partial charge is 0.329 e. The van der Waals surface area contributed by atoms with Crippen LogP contribution in [0.15, 0.2) is 0 Å². The minimum absolute atomic E-state index is 0.507. The van der Waals surface area contributed by atoms with Gasteiger partial charge >= 0.3 is 0 Å². The molecule has 0 aromatic heterocycles. The molecule has 4 nitrogen and oxygen atoms in total. The Morgan fingerprint density at radius 3 is 1.83 bits per heavy atom. The summed E-state index contributed by atoms with van der Waals surface area (Å²) in [5.74, 6) is 9.87. The average Bonchev–Trinajstić information content (AvgIpc) is 1.35. The maximum atomic E-state index is 5.03. The summed E-state index contributed by atoms with van der Waals surface area (Å²) in [5, 5.41) is 1.06. The first-order chi connectivity index (χ1) is 2.77. The lowest BCUT2D eigenvalue weighted by Gasteiger charge is -2.03. The molecule has 0 rings (SSSR count). The van der Waals surface area contributed by atoms with Crippen LogP contribution in [0.3, 0.4) is 0 Å². The lowest BCUT2D eigenvalue weighted by molar-refractivity contribution is 0.303. The van der Waals surface area contributed by atoms with Gasteiger partial charge < -0.3 is 5.73 Å². The van der Waals surface area contributed by atoms with Crippen LogP contribution in [0, 0.1) is 0 Å². The molecule has 0 aliphatic rings. The van der Waals surface area contributed by atoms with Gasteiger partial charge in [-0.15, -0.1) is 0 Å². The normalized spacial score (nSPS) is 10.0.